The molecule has 6 heteroatoms. The van der Waals surface area contributed by atoms with Gasteiger partial charge in [-0.05, 0) is 42.2 Å². The molecule has 0 aromatic heterocycles. The molecular weight excluding hydrogens is 402 g/mol. The molecule has 0 N–H and O–H groups in total. The minimum absolute atomic E-state index is 0.0844. The quantitative estimate of drug-likeness (QED) is 0.336. The van der Waals surface area contributed by atoms with Gasteiger partial charge in [0.2, 0.25) is 0 Å². The van der Waals surface area contributed by atoms with Gasteiger partial charge in [0.05, 0.1) is 4.91 Å². The van der Waals surface area contributed by atoms with Gasteiger partial charge in [0, 0.05) is 12.6 Å². The van der Waals surface area contributed by atoms with Gasteiger partial charge >= 0.3 is 0 Å². The molecule has 1 fully saturated rings. The molecular formula is C23H25NO3S2. The number of thiocarbonyl (C=S) groups is 1. The number of likely N-dealkylation sites (N-methyl/N-ethyl adjacent to an activating group) is 1. The molecule has 0 saturated carbocycles. The lowest BCUT2D eigenvalue weighted by molar-refractivity contribution is -0.121. The molecule has 0 atom stereocenters. The predicted molar refractivity (Wildman–Crippen MR) is 124 cm³/mol. The second kappa shape index (κ2) is 9.46. The van der Waals surface area contributed by atoms with Crippen molar-refractivity contribution in [3.05, 3.63) is 64.1 Å². The van der Waals surface area contributed by atoms with Crippen LogP contribution in [0.5, 0.6) is 11.5 Å². The maximum atomic E-state index is 12.3. The summed E-state index contributed by atoms with van der Waals surface area (Å²) >= 11 is 6.50. The Bertz CT molecular complexity index is 953. The molecule has 0 spiro atoms. The lowest BCUT2D eigenvalue weighted by Crippen LogP contribution is -2.22. The molecule has 3 rings (SSSR count). The van der Waals surface area contributed by atoms with Crippen LogP contribution < -0.4 is 9.47 Å². The van der Waals surface area contributed by atoms with Gasteiger partial charge in [-0.25, -0.2) is 0 Å². The summed E-state index contributed by atoms with van der Waals surface area (Å²) in [5, 5.41) is 0. The van der Waals surface area contributed by atoms with Gasteiger partial charge in [0.15, 0.2) is 0 Å². The zero-order chi connectivity index (χ0) is 21.0. The van der Waals surface area contributed by atoms with Crippen LogP contribution in [0.3, 0.4) is 0 Å². The number of thioether (sulfide) groups is 1. The average Bonchev–Trinajstić information content (AvgIpc) is 2.93. The first-order chi connectivity index (χ1) is 13.9. The largest absolute Gasteiger partial charge is 0.490 e. The first-order valence-electron chi connectivity index (χ1n) is 9.53. The number of carbonyl (C=O) groups is 1. The number of benzene rings is 2. The Morgan fingerprint density at radius 2 is 1.79 bits per heavy atom. The number of aryl methyl sites for hydroxylation is 1. The fourth-order valence-electron chi connectivity index (χ4n) is 2.96. The molecule has 0 radical (unpaired) electrons. The molecule has 1 saturated heterocycles. The van der Waals surface area contributed by atoms with Crippen LogP contribution in [0.2, 0.25) is 0 Å². The summed E-state index contributed by atoms with van der Waals surface area (Å²) in [6.45, 7) is 7.22. The van der Waals surface area contributed by atoms with Crippen LogP contribution in [0.4, 0.5) is 0 Å². The number of nitrogens with zero attached hydrogens (tertiary/aromatic N) is 1. The Morgan fingerprint density at radius 3 is 2.45 bits per heavy atom. The van der Waals surface area contributed by atoms with Crippen LogP contribution >= 0.6 is 24.0 Å². The highest BCUT2D eigenvalue weighted by Crippen LogP contribution is 2.33. The highest BCUT2D eigenvalue weighted by Gasteiger charge is 2.28. The van der Waals surface area contributed by atoms with Crippen molar-refractivity contribution in [2.45, 2.75) is 26.7 Å². The Balaban J connectivity index is 1.65. The smallest absolute Gasteiger partial charge is 0.265 e. The number of para-hydroxylation sites is 1. The lowest BCUT2D eigenvalue weighted by atomic mass is 10.0. The molecule has 0 unspecified atom stereocenters. The van der Waals surface area contributed by atoms with E-state index in [9.17, 15) is 4.79 Å². The number of hydrogen-bond acceptors (Lipinski definition) is 5. The van der Waals surface area contributed by atoms with Crippen molar-refractivity contribution in [1.29, 1.82) is 0 Å². The highest BCUT2D eigenvalue weighted by molar-refractivity contribution is 8.26. The van der Waals surface area contributed by atoms with E-state index < -0.39 is 0 Å². The van der Waals surface area contributed by atoms with Crippen molar-refractivity contribution in [2.75, 3.05) is 20.3 Å². The molecule has 0 bridgehead atoms. The van der Waals surface area contributed by atoms with Crippen LogP contribution in [-0.4, -0.2) is 35.4 Å². The summed E-state index contributed by atoms with van der Waals surface area (Å²) in [6.07, 6.45) is 1.83. The van der Waals surface area contributed by atoms with Gasteiger partial charge in [-0.2, -0.15) is 0 Å². The van der Waals surface area contributed by atoms with E-state index in [1.165, 1.54) is 27.8 Å². The molecule has 1 aliphatic rings. The topological polar surface area (TPSA) is 38.8 Å². The average molecular weight is 428 g/mol. The maximum absolute atomic E-state index is 12.3. The fraction of sp³-hybridized carbons (Fsp3) is 0.304. The fourth-order valence-corrected chi connectivity index (χ4v) is 4.14. The summed E-state index contributed by atoms with van der Waals surface area (Å²) < 4.78 is 12.5. The van der Waals surface area contributed by atoms with Gasteiger partial charge in [-0.15, -0.1) is 0 Å². The monoisotopic (exact) mass is 427 g/mol. The van der Waals surface area contributed by atoms with Crippen molar-refractivity contribution < 1.29 is 14.3 Å². The first-order valence-corrected chi connectivity index (χ1v) is 10.8. The van der Waals surface area contributed by atoms with Crippen LogP contribution in [-0.2, 0) is 4.79 Å². The van der Waals surface area contributed by atoms with E-state index in [1.807, 2.05) is 30.3 Å². The van der Waals surface area contributed by atoms with E-state index in [2.05, 4.69) is 39.0 Å². The van der Waals surface area contributed by atoms with Gasteiger partial charge in [0.25, 0.3) is 5.91 Å². The summed E-state index contributed by atoms with van der Waals surface area (Å²) in [7, 11) is 1.69. The molecule has 29 heavy (non-hydrogen) atoms. The Kier molecular flexibility index (Phi) is 6.98. The summed E-state index contributed by atoms with van der Waals surface area (Å²) in [6, 6.07) is 13.9. The van der Waals surface area contributed by atoms with Crippen molar-refractivity contribution in [3.63, 3.8) is 0 Å². The van der Waals surface area contributed by atoms with Crippen molar-refractivity contribution in [2.24, 2.45) is 0 Å². The first kappa shape index (κ1) is 21.4. The third-order valence-corrected chi connectivity index (χ3v) is 6.07. The minimum atomic E-state index is -0.0844. The van der Waals surface area contributed by atoms with E-state index in [4.69, 9.17) is 21.7 Å². The summed E-state index contributed by atoms with van der Waals surface area (Å²) in [5.41, 5.74) is 3.21. The number of ether oxygens (including phenoxy) is 2. The zero-order valence-electron chi connectivity index (χ0n) is 17.1. The molecule has 4 nitrogen and oxygen atoms in total. The standard InChI is InChI=1S/C23H25NO3S2/c1-15(2)18-10-9-16(3)13-20(18)27-12-11-26-19-8-6-5-7-17(19)14-21-22(25)24(4)23(28)29-21/h5-10,13-15H,11-12H2,1-4H3/b21-14+. The second-order valence-electron chi connectivity index (χ2n) is 7.17. The normalized spacial score (nSPS) is 15.5. The predicted octanol–water partition coefficient (Wildman–Crippen LogP) is 5.41. The molecule has 2 aromatic carbocycles. The van der Waals surface area contributed by atoms with Crippen molar-refractivity contribution >= 4 is 40.3 Å². The van der Waals surface area contributed by atoms with E-state index >= 15 is 0 Å². The molecule has 152 valence electrons. The molecule has 2 aromatic rings. The van der Waals surface area contributed by atoms with Gasteiger partial charge in [0.1, 0.15) is 29.0 Å². The maximum Gasteiger partial charge on any atom is 0.265 e. The van der Waals surface area contributed by atoms with E-state index in [0.29, 0.717) is 34.1 Å². The van der Waals surface area contributed by atoms with Gasteiger partial charge in [-0.3, -0.25) is 9.69 Å². The van der Waals surface area contributed by atoms with Crippen LogP contribution in [0.1, 0.15) is 36.5 Å². The van der Waals surface area contributed by atoms with E-state index in [0.717, 1.165) is 11.3 Å². The lowest BCUT2D eigenvalue weighted by Gasteiger charge is -2.15. The minimum Gasteiger partial charge on any atom is -0.490 e. The van der Waals surface area contributed by atoms with Crippen LogP contribution in [0, 0.1) is 6.92 Å². The Hall–Kier alpha value is -2.31. The molecule has 0 aliphatic carbocycles. The van der Waals surface area contributed by atoms with E-state index in [-0.39, 0.29) is 5.91 Å². The van der Waals surface area contributed by atoms with Gasteiger partial charge < -0.3 is 9.47 Å². The molecule has 1 amide bonds. The van der Waals surface area contributed by atoms with Crippen LogP contribution in [0.15, 0.2) is 47.4 Å². The zero-order valence-corrected chi connectivity index (χ0v) is 18.7. The van der Waals surface area contributed by atoms with Gasteiger partial charge in [-0.1, -0.05) is 68.2 Å². The summed E-state index contributed by atoms with van der Waals surface area (Å²) in [4.78, 5) is 14.3. The summed E-state index contributed by atoms with van der Waals surface area (Å²) in [5.74, 6) is 1.93. The highest BCUT2D eigenvalue weighted by atomic mass is 32.2. The third kappa shape index (κ3) is 5.19. The number of hydrogen-bond donors (Lipinski definition) is 0. The van der Waals surface area contributed by atoms with Crippen molar-refractivity contribution in [3.8, 4) is 11.5 Å². The number of rotatable bonds is 7. The Morgan fingerprint density at radius 1 is 1.10 bits per heavy atom. The Labute approximate surface area is 181 Å². The number of amides is 1. The van der Waals surface area contributed by atoms with Crippen LogP contribution in [0.25, 0.3) is 6.08 Å². The van der Waals surface area contributed by atoms with Crippen molar-refractivity contribution in [1.82, 2.24) is 4.90 Å². The number of carbonyl (C=O) groups excluding carboxylic acids is 1. The molecule has 1 aliphatic heterocycles. The second-order valence-corrected chi connectivity index (χ2v) is 8.85. The van der Waals surface area contributed by atoms with E-state index in [1.54, 1.807) is 7.05 Å². The SMILES string of the molecule is Cc1ccc(C(C)C)c(OCCOc2ccccc2/C=C2/SC(=S)N(C)C2=O)c1. The molecule has 1 heterocycles. The third-order valence-electron chi connectivity index (χ3n) is 4.58.